The molecule has 6 heteroatoms. The standard InChI is InChI=1S/C12H11F3N2O/c13-12(14,15)10-3-1-2-9-7(4-8(16)6-18)5-17-11(9)10/h1-3,5-6,8,17H,4,16H2/t8-/m0/s1. The molecule has 1 aromatic heterocycles. The molecule has 0 bridgehead atoms. The van der Waals surface area contributed by atoms with E-state index < -0.39 is 17.8 Å². The maximum Gasteiger partial charge on any atom is 0.418 e. The van der Waals surface area contributed by atoms with Crippen LogP contribution in [0, 0.1) is 0 Å². The summed E-state index contributed by atoms with van der Waals surface area (Å²) in [6.07, 6.45) is -2.16. The molecule has 0 aliphatic heterocycles. The zero-order valence-corrected chi connectivity index (χ0v) is 9.29. The van der Waals surface area contributed by atoms with Gasteiger partial charge in [-0.1, -0.05) is 12.1 Å². The second kappa shape index (κ2) is 4.45. The first-order valence-corrected chi connectivity index (χ1v) is 5.30. The third-order valence-electron chi connectivity index (χ3n) is 2.74. The molecule has 18 heavy (non-hydrogen) atoms. The Hall–Kier alpha value is -1.82. The number of aldehydes is 1. The Balaban J connectivity index is 2.52. The van der Waals surface area contributed by atoms with E-state index in [0.29, 0.717) is 17.2 Å². The highest BCUT2D eigenvalue weighted by Gasteiger charge is 2.33. The molecule has 1 aromatic carbocycles. The lowest BCUT2D eigenvalue weighted by Gasteiger charge is -2.08. The number of hydrogen-bond donors (Lipinski definition) is 2. The van der Waals surface area contributed by atoms with Crippen LogP contribution >= 0.6 is 0 Å². The molecule has 3 nitrogen and oxygen atoms in total. The number of carbonyl (C=O) groups is 1. The number of fused-ring (bicyclic) bond motifs is 1. The number of nitrogens with one attached hydrogen (secondary N) is 1. The third-order valence-corrected chi connectivity index (χ3v) is 2.74. The van der Waals surface area contributed by atoms with Gasteiger partial charge in [0.05, 0.1) is 17.1 Å². The van der Waals surface area contributed by atoms with Crippen molar-refractivity contribution in [1.82, 2.24) is 4.98 Å². The van der Waals surface area contributed by atoms with Crippen molar-refractivity contribution < 1.29 is 18.0 Å². The van der Waals surface area contributed by atoms with Crippen molar-refractivity contribution >= 4 is 17.2 Å². The predicted molar refractivity (Wildman–Crippen MR) is 61.0 cm³/mol. The van der Waals surface area contributed by atoms with Gasteiger partial charge in [-0.05, 0) is 18.1 Å². The van der Waals surface area contributed by atoms with Crippen LogP contribution < -0.4 is 5.73 Å². The zero-order valence-electron chi connectivity index (χ0n) is 9.29. The van der Waals surface area contributed by atoms with Crippen molar-refractivity contribution in [3.63, 3.8) is 0 Å². The number of aromatic amines is 1. The lowest BCUT2D eigenvalue weighted by Crippen LogP contribution is -2.23. The zero-order chi connectivity index (χ0) is 13.3. The van der Waals surface area contributed by atoms with Crippen LogP contribution in [-0.4, -0.2) is 17.3 Å². The average molecular weight is 256 g/mol. The molecule has 0 saturated carbocycles. The minimum atomic E-state index is -4.41. The molecule has 1 atom stereocenters. The summed E-state index contributed by atoms with van der Waals surface area (Å²) in [7, 11) is 0. The lowest BCUT2D eigenvalue weighted by atomic mass is 10.0. The SMILES string of the molecule is N[C@H](C=O)Cc1c[nH]c2c(C(F)(F)F)cccc12. The van der Waals surface area contributed by atoms with Crippen LogP contribution in [0.5, 0.6) is 0 Å². The van der Waals surface area contributed by atoms with Crippen LogP contribution in [0.1, 0.15) is 11.1 Å². The van der Waals surface area contributed by atoms with Crippen LogP contribution in [0.2, 0.25) is 0 Å². The topological polar surface area (TPSA) is 58.9 Å². The molecular formula is C12H11F3N2O. The van der Waals surface area contributed by atoms with Gasteiger partial charge < -0.3 is 15.5 Å². The van der Waals surface area contributed by atoms with E-state index in [0.717, 1.165) is 6.07 Å². The number of aromatic nitrogens is 1. The van der Waals surface area contributed by atoms with Gasteiger partial charge in [0.1, 0.15) is 6.29 Å². The molecule has 2 rings (SSSR count). The Labute approximate surface area is 101 Å². The molecule has 0 spiro atoms. The quantitative estimate of drug-likeness (QED) is 0.827. The summed E-state index contributed by atoms with van der Waals surface area (Å²) in [6, 6.07) is 3.23. The molecule has 0 unspecified atom stereocenters. The van der Waals surface area contributed by atoms with E-state index in [-0.39, 0.29) is 11.9 Å². The number of rotatable bonds is 3. The fourth-order valence-electron chi connectivity index (χ4n) is 1.92. The summed E-state index contributed by atoms with van der Waals surface area (Å²) in [5.74, 6) is 0. The molecule has 0 radical (unpaired) electrons. The van der Waals surface area contributed by atoms with E-state index in [1.807, 2.05) is 0 Å². The molecule has 0 aliphatic rings. The molecule has 1 heterocycles. The molecule has 3 N–H and O–H groups in total. The summed E-state index contributed by atoms with van der Waals surface area (Å²) in [5, 5.41) is 0.446. The summed E-state index contributed by atoms with van der Waals surface area (Å²) >= 11 is 0. The summed E-state index contributed by atoms with van der Waals surface area (Å²) in [6.45, 7) is 0. The number of carbonyl (C=O) groups excluding carboxylic acids is 1. The highest BCUT2D eigenvalue weighted by Crippen LogP contribution is 2.35. The molecule has 0 aliphatic carbocycles. The van der Waals surface area contributed by atoms with E-state index in [1.54, 1.807) is 6.07 Å². The van der Waals surface area contributed by atoms with E-state index in [2.05, 4.69) is 4.98 Å². The molecule has 96 valence electrons. The number of benzene rings is 1. The Morgan fingerprint density at radius 2 is 2.11 bits per heavy atom. The first-order valence-electron chi connectivity index (χ1n) is 5.30. The third kappa shape index (κ3) is 2.24. The van der Waals surface area contributed by atoms with E-state index in [4.69, 9.17) is 5.73 Å². The van der Waals surface area contributed by atoms with E-state index in [9.17, 15) is 18.0 Å². The second-order valence-corrected chi connectivity index (χ2v) is 4.04. The van der Waals surface area contributed by atoms with Crippen molar-refractivity contribution in [3.05, 3.63) is 35.5 Å². The molecular weight excluding hydrogens is 245 g/mol. The van der Waals surface area contributed by atoms with E-state index >= 15 is 0 Å². The van der Waals surface area contributed by atoms with Gasteiger partial charge in [-0.25, -0.2) is 0 Å². The lowest BCUT2D eigenvalue weighted by molar-refractivity contribution is -0.136. The van der Waals surface area contributed by atoms with E-state index in [1.165, 1.54) is 12.3 Å². The normalized spacial score (nSPS) is 13.8. The van der Waals surface area contributed by atoms with Gasteiger partial charge in [-0.2, -0.15) is 13.2 Å². The number of para-hydroxylation sites is 1. The van der Waals surface area contributed by atoms with Crippen molar-refractivity contribution in [2.45, 2.75) is 18.6 Å². The monoisotopic (exact) mass is 256 g/mol. The summed E-state index contributed by atoms with van der Waals surface area (Å²) < 4.78 is 38.3. The molecule has 0 saturated heterocycles. The smallest absolute Gasteiger partial charge is 0.360 e. The fraction of sp³-hybridized carbons (Fsp3) is 0.250. The van der Waals surface area contributed by atoms with Gasteiger partial charge in [0, 0.05) is 11.6 Å². The van der Waals surface area contributed by atoms with Crippen LogP contribution in [0.3, 0.4) is 0 Å². The van der Waals surface area contributed by atoms with Crippen molar-refractivity contribution in [2.24, 2.45) is 5.73 Å². The average Bonchev–Trinajstić information content (AvgIpc) is 2.71. The Kier molecular flexibility index (Phi) is 3.13. The predicted octanol–water partition coefficient (Wildman–Crippen LogP) is 2.26. The largest absolute Gasteiger partial charge is 0.418 e. The Bertz CT molecular complexity index is 574. The van der Waals surface area contributed by atoms with Crippen LogP contribution in [0.4, 0.5) is 13.2 Å². The van der Waals surface area contributed by atoms with Crippen molar-refractivity contribution in [2.75, 3.05) is 0 Å². The van der Waals surface area contributed by atoms with Gasteiger partial charge in [0.2, 0.25) is 0 Å². The molecule has 0 fully saturated rings. The van der Waals surface area contributed by atoms with Gasteiger partial charge in [-0.15, -0.1) is 0 Å². The van der Waals surface area contributed by atoms with Gasteiger partial charge >= 0.3 is 6.18 Å². The molecule has 2 aromatic rings. The maximum atomic E-state index is 12.8. The fourth-order valence-corrected chi connectivity index (χ4v) is 1.92. The number of halogens is 3. The summed E-state index contributed by atoms with van der Waals surface area (Å²) in [5.41, 5.74) is 5.39. The first-order chi connectivity index (χ1) is 8.43. The van der Waals surface area contributed by atoms with Crippen molar-refractivity contribution in [1.29, 1.82) is 0 Å². The Morgan fingerprint density at radius 3 is 2.72 bits per heavy atom. The van der Waals surface area contributed by atoms with Crippen molar-refractivity contribution in [3.8, 4) is 0 Å². The first kappa shape index (κ1) is 12.6. The van der Waals surface area contributed by atoms with Crippen LogP contribution in [0.25, 0.3) is 10.9 Å². The minimum Gasteiger partial charge on any atom is -0.360 e. The Morgan fingerprint density at radius 1 is 1.39 bits per heavy atom. The van der Waals surface area contributed by atoms with Crippen LogP contribution in [0.15, 0.2) is 24.4 Å². The van der Waals surface area contributed by atoms with Gasteiger partial charge in [0.25, 0.3) is 0 Å². The van der Waals surface area contributed by atoms with Gasteiger partial charge in [0.15, 0.2) is 0 Å². The number of alkyl halides is 3. The number of H-pyrrole nitrogens is 1. The highest BCUT2D eigenvalue weighted by molar-refractivity contribution is 5.86. The number of nitrogens with two attached hydrogens (primary N) is 1. The number of hydrogen-bond acceptors (Lipinski definition) is 2. The summed E-state index contributed by atoms with van der Waals surface area (Å²) in [4.78, 5) is 13.1. The minimum absolute atomic E-state index is 0.0260. The van der Waals surface area contributed by atoms with Crippen LogP contribution in [-0.2, 0) is 17.4 Å². The van der Waals surface area contributed by atoms with Gasteiger partial charge in [-0.3, -0.25) is 0 Å². The maximum absolute atomic E-state index is 12.8. The highest BCUT2D eigenvalue weighted by atomic mass is 19.4. The second-order valence-electron chi connectivity index (χ2n) is 4.04. The molecule has 0 amide bonds.